The molecule has 1 saturated carbocycles. The molecule has 88 valence electrons. The van der Waals surface area contributed by atoms with E-state index in [2.05, 4.69) is 46.1 Å². The zero-order valence-corrected chi connectivity index (χ0v) is 11.3. The van der Waals surface area contributed by atoms with Crippen molar-refractivity contribution in [1.82, 2.24) is 0 Å². The number of anilines is 1. The third-order valence-corrected chi connectivity index (χ3v) is 4.08. The first-order valence-electron chi connectivity index (χ1n) is 5.93. The Morgan fingerprint density at radius 2 is 2.19 bits per heavy atom. The second-order valence-corrected chi connectivity index (χ2v) is 5.37. The molecule has 2 N–H and O–H groups in total. The molecule has 2 rings (SSSR count). The molecule has 0 bridgehead atoms. The molecule has 0 amide bonds. The third-order valence-electron chi connectivity index (χ3n) is 3.45. The standard InChI is InChI=1S/C13H19BrN2/c1-16(11-3-2-4-11)13-6-5-10(7-8-15)9-12(13)14/h5-6,9,11H,2-4,7-8,15H2,1H3. The molecule has 1 aromatic rings. The molecule has 16 heavy (non-hydrogen) atoms. The van der Waals surface area contributed by atoms with E-state index in [1.165, 1.54) is 35.0 Å². The lowest BCUT2D eigenvalue weighted by Gasteiger charge is -2.37. The molecule has 3 heteroatoms. The number of nitrogens with two attached hydrogens (primary N) is 1. The molecule has 0 radical (unpaired) electrons. The largest absolute Gasteiger partial charge is 0.371 e. The maximum absolute atomic E-state index is 5.56. The van der Waals surface area contributed by atoms with E-state index in [1.807, 2.05) is 0 Å². The van der Waals surface area contributed by atoms with E-state index in [0.717, 1.165) is 12.5 Å². The van der Waals surface area contributed by atoms with Crippen LogP contribution in [0.1, 0.15) is 24.8 Å². The van der Waals surface area contributed by atoms with Gasteiger partial charge >= 0.3 is 0 Å². The van der Waals surface area contributed by atoms with Crippen LogP contribution >= 0.6 is 15.9 Å². The highest BCUT2D eigenvalue weighted by atomic mass is 79.9. The van der Waals surface area contributed by atoms with Crippen molar-refractivity contribution >= 4 is 21.6 Å². The highest BCUT2D eigenvalue weighted by Crippen LogP contribution is 2.33. The van der Waals surface area contributed by atoms with E-state index in [0.29, 0.717) is 6.54 Å². The summed E-state index contributed by atoms with van der Waals surface area (Å²) >= 11 is 3.66. The Morgan fingerprint density at radius 3 is 2.69 bits per heavy atom. The van der Waals surface area contributed by atoms with Gasteiger partial charge in [0, 0.05) is 17.6 Å². The lowest BCUT2D eigenvalue weighted by atomic mass is 9.91. The minimum absolute atomic E-state index is 0.713. The summed E-state index contributed by atoms with van der Waals surface area (Å²) in [7, 11) is 2.19. The molecule has 1 fully saturated rings. The second kappa shape index (κ2) is 5.19. The molecule has 0 aromatic heterocycles. The summed E-state index contributed by atoms with van der Waals surface area (Å²) in [6.07, 6.45) is 4.98. The van der Waals surface area contributed by atoms with E-state index in [-0.39, 0.29) is 0 Å². The van der Waals surface area contributed by atoms with Crippen LogP contribution in [-0.2, 0) is 6.42 Å². The van der Waals surface area contributed by atoms with Crippen LogP contribution in [0.15, 0.2) is 22.7 Å². The first kappa shape index (κ1) is 11.9. The van der Waals surface area contributed by atoms with Gasteiger partial charge in [-0.25, -0.2) is 0 Å². The van der Waals surface area contributed by atoms with Crippen LogP contribution in [-0.4, -0.2) is 19.6 Å². The summed E-state index contributed by atoms with van der Waals surface area (Å²) in [5, 5.41) is 0. The average molecular weight is 283 g/mol. The van der Waals surface area contributed by atoms with Gasteiger partial charge in [-0.15, -0.1) is 0 Å². The van der Waals surface area contributed by atoms with E-state index >= 15 is 0 Å². The lowest BCUT2D eigenvalue weighted by Crippen LogP contribution is -2.37. The molecule has 0 heterocycles. The van der Waals surface area contributed by atoms with Crippen LogP contribution < -0.4 is 10.6 Å². The van der Waals surface area contributed by atoms with Crippen molar-refractivity contribution in [3.8, 4) is 0 Å². The minimum atomic E-state index is 0.713. The molecule has 0 unspecified atom stereocenters. The molecule has 1 aliphatic rings. The van der Waals surface area contributed by atoms with Gasteiger partial charge in [-0.1, -0.05) is 6.07 Å². The van der Waals surface area contributed by atoms with Crippen molar-refractivity contribution in [1.29, 1.82) is 0 Å². The van der Waals surface area contributed by atoms with E-state index in [4.69, 9.17) is 5.73 Å². The zero-order chi connectivity index (χ0) is 11.5. The van der Waals surface area contributed by atoms with Crippen molar-refractivity contribution in [3.05, 3.63) is 28.2 Å². The van der Waals surface area contributed by atoms with E-state index in [1.54, 1.807) is 0 Å². The van der Waals surface area contributed by atoms with Crippen LogP contribution in [0.5, 0.6) is 0 Å². The van der Waals surface area contributed by atoms with Gasteiger partial charge in [-0.3, -0.25) is 0 Å². The summed E-state index contributed by atoms with van der Waals surface area (Å²) in [5.74, 6) is 0. The van der Waals surface area contributed by atoms with Gasteiger partial charge in [0.1, 0.15) is 0 Å². The van der Waals surface area contributed by atoms with Crippen molar-refractivity contribution in [2.45, 2.75) is 31.7 Å². The minimum Gasteiger partial charge on any atom is -0.371 e. The monoisotopic (exact) mass is 282 g/mol. The SMILES string of the molecule is CN(c1ccc(CCN)cc1Br)C1CCC1. The van der Waals surface area contributed by atoms with Crippen molar-refractivity contribution < 1.29 is 0 Å². The van der Waals surface area contributed by atoms with Crippen LogP contribution in [0.4, 0.5) is 5.69 Å². The molecule has 0 spiro atoms. The summed E-state index contributed by atoms with van der Waals surface area (Å²) in [5.41, 5.74) is 8.16. The van der Waals surface area contributed by atoms with Gasteiger partial charge < -0.3 is 10.6 Å². The first-order chi connectivity index (χ1) is 7.72. The Morgan fingerprint density at radius 1 is 1.44 bits per heavy atom. The van der Waals surface area contributed by atoms with Gasteiger partial charge in [-0.2, -0.15) is 0 Å². The Kier molecular flexibility index (Phi) is 3.87. The summed E-state index contributed by atoms with van der Waals surface area (Å²) < 4.78 is 1.19. The zero-order valence-electron chi connectivity index (χ0n) is 9.75. The summed E-state index contributed by atoms with van der Waals surface area (Å²) in [4.78, 5) is 2.39. The van der Waals surface area contributed by atoms with Gasteiger partial charge in [0.2, 0.25) is 0 Å². The molecule has 2 nitrogen and oxygen atoms in total. The molecule has 1 aliphatic carbocycles. The fraction of sp³-hybridized carbons (Fsp3) is 0.538. The smallest absolute Gasteiger partial charge is 0.0510 e. The molecule has 0 saturated heterocycles. The molecular weight excluding hydrogens is 264 g/mol. The maximum atomic E-state index is 5.56. The fourth-order valence-corrected chi connectivity index (χ4v) is 2.84. The normalized spacial score (nSPS) is 15.9. The Labute approximate surface area is 106 Å². The van der Waals surface area contributed by atoms with Crippen molar-refractivity contribution in [2.75, 3.05) is 18.5 Å². The second-order valence-electron chi connectivity index (χ2n) is 4.52. The maximum Gasteiger partial charge on any atom is 0.0510 e. The highest BCUT2D eigenvalue weighted by molar-refractivity contribution is 9.10. The lowest BCUT2D eigenvalue weighted by molar-refractivity contribution is 0.401. The van der Waals surface area contributed by atoms with E-state index < -0.39 is 0 Å². The van der Waals surface area contributed by atoms with Crippen molar-refractivity contribution in [2.24, 2.45) is 5.73 Å². The van der Waals surface area contributed by atoms with Crippen LogP contribution in [0.3, 0.4) is 0 Å². The molecular formula is C13H19BrN2. The third kappa shape index (κ3) is 2.41. The van der Waals surface area contributed by atoms with Crippen LogP contribution in [0, 0.1) is 0 Å². The number of benzene rings is 1. The number of hydrogen-bond donors (Lipinski definition) is 1. The predicted octanol–water partition coefficient (Wildman–Crippen LogP) is 2.94. The van der Waals surface area contributed by atoms with Crippen molar-refractivity contribution in [3.63, 3.8) is 0 Å². The topological polar surface area (TPSA) is 29.3 Å². The number of halogens is 1. The van der Waals surface area contributed by atoms with Gasteiger partial charge in [0.25, 0.3) is 0 Å². The quantitative estimate of drug-likeness (QED) is 0.920. The molecule has 0 aliphatic heterocycles. The van der Waals surface area contributed by atoms with E-state index in [9.17, 15) is 0 Å². The van der Waals surface area contributed by atoms with Crippen LogP contribution in [0.25, 0.3) is 0 Å². The Bertz CT molecular complexity index is 361. The Hall–Kier alpha value is -0.540. The van der Waals surface area contributed by atoms with Gasteiger partial charge in [0.05, 0.1) is 5.69 Å². The molecule has 0 atom stereocenters. The average Bonchev–Trinajstić information content (AvgIpc) is 2.15. The van der Waals surface area contributed by atoms with Gasteiger partial charge in [0.15, 0.2) is 0 Å². The summed E-state index contributed by atoms with van der Waals surface area (Å²) in [6.45, 7) is 0.713. The summed E-state index contributed by atoms with van der Waals surface area (Å²) in [6, 6.07) is 7.31. The Balaban J connectivity index is 2.14. The highest BCUT2D eigenvalue weighted by Gasteiger charge is 2.23. The van der Waals surface area contributed by atoms with Gasteiger partial charge in [-0.05, 0) is 65.9 Å². The number of hydrogen-bond acceptors (Lipinski definition) is 2. The number of rotatable bonds is 4. The predicted molar refractivity (Wildman–Crippen MR) is 72.9 cm³/mol. The first-order valence-corrected chi connectivity index (χ1v) is 6.73. The molecule has 1 aromatic carbocycles. The van der Waals surface area contributed by atoms with Crippen LogP contribution in [0.2, 0.25) is 0 Å². The number of nitrogens with zero attached hydrogens (tertiary/aromatic N) is 1. The fourth-order valence-electron chi connectivity index (χ4n) is 2.13.